The van der Waals surface area contributed by atoms with Crippen LogP contribution in [0.5, 0.6) is 0 Å². The zero-order chi connectivity index (χ0) is 31.0. The van der Waals surface area contributed by atoms with Crippen LogP contribution in [-0.4, -0.2) is 44.3 Å². The van der Waals surface area contributed by atoms with Gasteiger partial charge in [0.15, 0.2) is 0 Å². The van der Waals surface area contributed by atoms with E-state index in [1.54, 1.807) is 55.5 Å². The molecule has 0 aliphatic heterocycles. The first-order chi connectivity index (χ1) is 20.6. The Labute approximate surface area is 267 Å². The summed E-state index contributed by atoms with van der Waals surface area (Å²) in [6, 6.07) is 27.6. The van der Waals surface area contributed by atoms with Crippen LogP contribution in [0.15, 0.2) is 108 Å². The number of rotatable bonds is 12. The van der Waals surface area contributed by atoms with Gasteiger partial charge in [0.1, 0.15) is 12.6 Å². The van der Waals surface area contributed by atoms with E-state index in [2.05, 4.69) is 5.32 Å². The maximum atomic E-state index is 14.4. The molecule has 0 unspecified atom stereocenters. The minimum absolute atomic E-state index is 0.0290. The Morgan fingerprint density at radius 2 is 1.40 bits per heavy atom. The maximum absolute atomic E-state index is 14.4. The Hall–Kier alpha value is -3.56. The van der Waals surface area contributed by atoms with E-state index in [1.807, 2.05) is 30.3 Å². The van der Waals surface area contributed by atoms with E-state index in [4.69, 9.17) is 34.8 Å². The lowest BCUT2D eigenvalue weighted by atomic mass is 10.0. The topological polar surface area (TPSA) is 86.8 Å². The van der Waals surface area contributed by atoms with Crippen LogP contribution in [0.25, 0.3) is 0 Å². The van der Waals surface area contributed by atoms with E-state index >= 15 is 0 Å². The van der Waals surface area contributed by atoms with Crippen molar-refractivity contribution in [3.63, 3.8) is 0 Å². The van der Waals surface area contributed by atoms with Gasteiger partial charge < -0.3 is 10.2 Å². The molecule has 0 fully saturated rings. The van der Waals surface area contributed by atoms with Crippen molar-refractivity contribution in [2.75, 3.05) is 17.4 Å². The van der Waals surface area contributed by atoms with E-state index in [0.717, 1.165) is 9.87 Å². The lowest BCUT2D eigenvalue weighted by Gasteiger charge is -2.34. The lowest BCUT2D eigenvalue weighted by Crippen LogP contribution is -2.53. The van der Waals surface area contributed by atoms with E-state index in [-0.39, 0.29) is 39.5 Å². The number of nitrogens with zero attached hydrogens (tertiary/aromatic N) is 2. The zero-order valence-corrected chi connectivity index (χ0v) is 26.4. The molecule has 224 valence electrons. The van der Waals surface area contributed by atoms with E-state index in [9.17, 15) is 18.0 Å². The van der Waals surface area contributed by atoms with Gasteiger partial charge in [0, 0.05) is 24.5 Å². The number of halogens is 3. The number of carbonyl (C=O) groups is 2. The number of sulfonamides is 1. The molecule has 2 amide bonds. The van der Waals surface area contributed by atoms with Crippen LogP contribution in [0.3, 0.4) is 0 Å². The molecule has 43 heavy (non-hydrogen) atoms. The fourth-order valence-corrected chi connectivity index (χ4v) is 6.66. The van der Waals surface area contributed by atoms with Crippen molar-refractivity contribution >= 4 is 62.3 Å². The standard InChI is InChI=1S/C32H30Cl3N3O4S/c1-2-36-32(40)29(20-23-12-5-3-6-13-23)37(21-24-14-9-10-17-26(24)33)30(39)22-38(28-19-11-18-27(34)31(28)35)43(41,42)25-15-7-4-8-16-25/h3-19,29H,2,20-22H2,1H3,(H,36,40)/t29-/m0/s1. The highest BCUT2D eigenvalue weighted by Gasteiger charge is 2.35. The Kier molecular flexibility index (Phi) is 11.1. The molecular formula is C32H30Cl3N3O4S. The van der Waals surface area contributed by atoms with Crippen LogP contribution in [-0.2, 0) is 32.6 Å². The van der Waals surface area contributed by atoms with Gasteiger partial charge in [-0.15, -0.1) is 0 Å². The van der Waals surface area contributed by atoms with Gasteiger partial charge in [-0.25, -0.2) is 8.42 Å². The van der Waals surface area contributed by atoms with Crippen LogP contribution < -0.4 is 9.62 Å². The van der Waals surface area contributed by atoms with Crippen molar-refractivity contribution < 1.29 is 18.0 Å². The number of benzene rings is 4. The lowest BCUT2D eigenvalue weighted by molar-refractivity contribution is -0.140. The summed E-state index contributed by atoms with van der Waals surface area (Å²) in [5, 5.41) is 3.32. The second kappa shape index (κ2) is 14.8. The number of hydrogen-bond donors (Lipinski definition) is 1. The smallest absolute Gasteiger partial charge is 0.264 e. The number of amides is 2. The highest BCUT2D eigenvalue weighted by molar-refractivity contribution is 7.92. The first kappa shape index (κ1) is 32.4. The molecule has 7 nitrogen and oxygen atoms in total. The Bertz CT molecular complexity index is 1670. The fraction of sp³-hybridized carbons (Fsp3) is 0.188. The molecule has 1 atom stereocenters. The number of carbonyl (C=O) groups excluding carboxylic acids is 2. The molecule has 0 radical (unpaired) electrons. The van der Waals surface area contributed by atoms with Crippen LogP contribution in [0.4, 0.5) is 5.69 Å². The normalized spacial score (nSPS) is 11.9. The Morgan fingerprint density at radius 3 is 2.05 bits per heavy atom. The third-order valence-corrected chi connectivity index (χ3v) is 9.68. The van der Waals surface area contributed by atoms with Gasteiger partial charge in [-0.05, 0) is 48.4 Å². The van der Waals surface area contributed by atoms with Gasteiger partial charge in [0.05, 0.1) is 20.6 Å². The third kappa shape index (κ3) is 7.89. The zero-order valence-electron chi connectivity index (χ0n) is 23.3. The number of hydrogen-bond acceptors (Lipinski definition) is 4. The molecule has 1 N–H and O–H groups in total. The van der Waals surface area contributed by atoms with Crippen molar-refractivity contribution in [2.24, 2.45) is 0 Å². The molecule has 0 aliphatic carbocycles. The molecule has 4 aromatic carbocycles. The number of likely N-dealkylation sites (N-methyl/N-ethyl adjacent to an activating group) is 1. The van der Waals surface area contributed by atoms with E-state index in [1.165, 1.54) is 29.2 Å². The first-order valence-corrected chi connectivity index (χ1v) is 16.1. The van der Waals surface area contributed by atoms with Crippen molar-refractivity contribution in [2.45, 2.75) is 30.8 Å². The molecule has 4 rings (SSSR count). The minimum atomic E-state index is -4.30. The van der Waals surface area contributed by atoms with E-state index in [0.29, 0.717) is 17.1 Å². The molecule has 0 heterocycles. The minimum Gasteiger partial charge on any atom is -0.355 e. The second-order valence-electron chi connectivity index (χ2n) is 9.61. The van der Waals surface area contributed by atoms with Gasteiger partial charge in [0.2, 0.25) is 11.8 Å². The SMILES string of the molecule is CCNC(=O)[C@H](Cc1ccccc1)N(Cc1ccccc1Cl)C(=O)CN(c1cccc(Cl)c1Cl)S(=O)(=O)c1ccccc1. The first-order valence-electron chi connectivity index (χ1n) is 13.5. The molecule has 0 saturated carbocycles. The van der Waals surface area contributed by atoms with Crippen LogP contribution in [0, 0.1) is 0 Å². The van der Waals surface area contributed by atoms with Crippen molar-refractivity contribution in [1.82, 2.24) is 10.2 Å². The molecule has 0 aliphatic rings. The Balaban J connectivity index is 1.83. The molecule has 0 aromatic heterocycles. The van der Waals surface area contributed by atoms with E-state index < -0.39 is 28.5 Å². The second-order valence-corrected chi connectivity index (χ2v) is 12.7. The number of anilines is 1. The third-order valence-electron chi connectivity index (χ3n) is 6.73. The molecule has 0 spiro atoms. The summed E-state index contributed by atoms with van der Waals surface area (Å²) in [6.45, 7) is 1.42. The maximum Gasteiger partial charge on any atom is 0.264 e. The molecule has 11 heteroatoms. The van der Waals surface area contributed by atoms with Gasteiger partial charge in [-0.1, -0.05) is 108 Å². The molecule has 4 aromatic rings. The number of nitrogens with one attached hydrogen (secondary N) is 1. The van der Waals surface area contributed by atoms with Crippen LogP contribution >= 0.6 is 34.8 Å². The average molecular weight is 659 g/mol. The summed E-state index contributed by atoms with van der Waals surface area (Å²) in [6.07, 6.45) is 0.187. The van der Waals surface area contributed by atoms with Crippen molar-refractivity contribution in [3.8, 4) is 0 Å². The summed E-state index contributed by atoms with van der Waals surface area (Å²) >= 11 is 19.3. The Morgan fingerprint density at radius 1 is 0.791 bits per heavy atom. The summed E-state index contributed by atoms with van der Waals surface area (Å²) in [5.74, 6) is -1.02. The summed E-state index contributed by atoms with van der Waals surface area (Å²) < 4.78 is 29.0. The monoisotopic (exact) mass is 657 g/mol. The predicted molar refractivity (Wildman–Crippen MR) is 172 cm³/mol. The molecule has 0 bridgehead atoms. The van der Waals surface area contributed by atoms with Crippen molar-refractivity contribution in [1.29, 1.82) is 0 Å². The molecule has 0 saturated heterocycles. The van der Waals surface area contributed by atoms with Crippen molar-refractivity contribution in [3.05, 3.63) is 129 Å². The predicted octanol–water partition coefficient (Wildman–Crippen LogP) is 6.62. The van der Waals surface area contributed by atoms with Crippen LogP contribution in [0.2, 0.25) is 15.1 Å². The summed E-state index contributed by atoms with van der Waals surface area (Å²) in [5.41, 5.74) is 1.45. The molecular weight excluding hydrogens is 629 g/mol. The highest BCUT2D eigenvalue weighted by atomic mass is 35.5. The average Bonchev–Trinajstić information content (AvgIpc) is 3.01. The van der Waals surface area contributed by atoms with Crippen LogP contribution in [0.1, 0.15) is 18.1 Å². The van der Waals surface area contributed by atoms with Gasteiger partial charge >= 0.3 is 0 Å². The summed E-state index contributed by atoms with van der Waals surface area (Å²) in [4.78, 5) is 29.2. The van der Waals surface area contributed by atoms with Gasteiger partial charge in [0.25, 0.3) is 10.0 Å². The van der Waals surface area contributed by atoms with Gasteiger partial charge in [-0.2, -0.15) is 0 Å². The summed E-state index contributed by atoms with van der Waals surface area (Å²) in [7, 11) is -4.30. The highest BCUT2D eigenvalue weighted by Crippen LogP contribution is 2.35. The fourth-order valence-electron chi connectivity index (χ4n) is 4.57. The quantitative estimate of drug-likeness (QED) is 0.185. The van der Waals surface area contributed by atoms with Gasteiger partial charge in [-0.3, -0.25) is 13.9 Å². The largest absolute Gasteiger partial charge is 0.355 e.